The van der Waals surface area contributed by atoms with Gasteiger partial charge in [-0.05, 0) is 12.1 Å². The Bertz CT molecular complexity index is 826. The average molecular weight is 387 g/mol. The van der Waals surface area contributed by atoms with Crippen LogP contribution < -0.4 is 10.2 Å². The highest BCUT2D eigenvalue weighted by atomic mass is 19.2. The third kappa shape index (κ3) is 4.00. The molecule has 0 aliphatic carbocycles. The van der Waals surface area contributed by atoms with Gasteiger partial charge in [-0.2, -0.15) is 0 Å². The second kappa shape index (κ2) is 7.87. The summed E-state index contributed by atoms with van der Waals surface area (Å²) in [6, 6.07) is 3.16. The van der Waals surface area contributed by atoms with Crippen molar-refractivity contribution >= 4 is 17.4 Å². The largest absolute Gasteiger partial charge is 0.378 e. The van der Waals surface area contributed by atoms with Crippen LogP contribution in [0.1, 0.15) is 5.56 Å². The minimum atomic E-state index is -2.27. The molecule has 1 fully saturated rings. The molecular weight excluding hydrogens is 373 g/mol. The number of carbonyl (C=O) groups is 1. The van der Waals surface area contributed by atoms with Gasteiger partial charge in [0.25, 0.3) is 0 Å². The van der Waals surface area contributed by atoms with E-state index in [2.05, 4.69) is 10.3 Å². The fourth-order valence-electron chi connectivity index (χ4n) is 2.61. The third-order valence-corrected chi connectivity index (χ3v) is 4.00. The van der Waals surface area contributed by atoms with E-state index in [9.17, 15) is 26.7 Å². The molecule has 144 valence electrons. The molecule has 2 aromatic rings. The molecule has 5 nitrogen and oxygen atoms in total. The van der Waals surface area contributed by atoms with Crippen LogP contribution in [0.15, 0.2) is 18.3 Å². The number of rotatable bonds is 4. The number of morpholine rings is 1. The molecule has 1 saturated heterocycles. The quantitative estimate of drug-likeness (QED) is 0.498. The van der Waals surface area contributed by atoms with Gasteiger partial charge in [0.1, 0.15) is 5.82 Å². The van der Waals surface area contributed by atoms with Crippen molar-refractivity contribution in [1.29, 1.82) is 0 Å². The van der Waals surface area contributed by atoms with Gasteiger partial charge in [0.05, 0.1) is 31.5 Å². The van der Waals surface area contributed by atoms with E-state index in [0.29, 0.717) is 32.1 Å². The highest BCUT2D eigenvalue weighted by molar-refractivity contribution is 5.92. The second-order valence-corrected chi connectivity index (χ2v) is 5.78. The minimum absolute atomic E-state index is 0.223. The fraction of sp³-hybridized carbons (Fsp3) is 0.294. The van der Waals surface area contributed by atoms with Gasteiger partial charge in [-0.3, -0.25) is 4.79 Å². The van der Waals surface area contributed by atoms with E-state index in [1.54, 1.807) is 6.07 Å². The molecule has 1 aliphatic rings. The number of hydrogen-bond donors (Lipinski definition) is 1. The Morgan fingerprint density at radius 2 is 1.59 bits per heavy atom. The number of ether oxygens (including phenoxy) is 1. The van der Waals surface area contributed by atoms with Crippen molar-refractivity contribution in [3.05, 3.63) is 53.0 Å². The van der Waals surface area contributed by atoms with Gasteiger partial charge < -0.3 is 15.0 Å². The molecule has 0 saturated carbocycles. The van der Waals surface area contributed by atoms with Gasteiger partial charge in [0.15, 0.2) is 23.3 Å². The first-order chi connectivity index (χ1) is 12.9. The number of amides is 1. The van der Waals surface area contributed by atoms with Crippen LogP contribution in [-0.4, -0.2) is 37.2 Å². The van der Waals surface area contributed by atoms with Crippen LogP contribution in [0.25, 0.3) is 0 Å². The lowest BCUT2D eigenvalue weighted by molar-refractivity contribution is -0.115. The molecule has 1 aromatic heterocycles. The number of carbonyl (C=O) groups excluding carboxylic acids is 1. The number of nitrogens with zero attached hydrogens (tertiary/aromatic N) is 2. The average Bonchev–Trinajstić information content (AvgIpc) is 2.69. The van der Waals surface area contributed by atoms with Crippen LogP contribution in [0.5, 0.6) is 0 Å². The highest BCUT2D eigenvalue weighted by Crippen LogP contribution is 2.24. The van der Waals surface area contributed by atoms with E-state index < -0.39 is 47.0 Å². The summed E-state index contributed by atoms with van der Waals surface area (Å²) in [5, 5.41) is 2.31. The zero-order valence-corrected chi connectivity index (χ0v) is 13.9. The molecule has 27 heavy (non-hydrogen) atoms. The Labute approximate surface area is 150 Å². The standard InChI is InChI=1S/C17H14F5N3O2/c18-13-10(14(19)16(21)17(22)15(13)20)7-12(26)24-9-1-2-11(23-8-9)25-3-5-27-6-4-25/h1-2,8H,3-7H2,(H,24,26). The first-order valence-corrected chi connectivity index (χ1v) is 7.97. The van der Waals surface area contributed by atoms with Gasteiger partial charge in [0.2, 0.25) is 11.7 Å². The van der Waals surface area contributed by atoms with Crippen molar-refractivity contribution in [3.63, 3.8) is 0 Å². The first kappa shape index (κ1) is 19.0. The Balaban J connectivity index is 1.69. The smallest absolute Gasteiger partial charge is 0.229 e. The number of aromatic nitrogens is 1. The molecule has 0 atom stereocenters. The van der Waals surface area contributed by atoms with Gasteiger partial charge in [-0.15, -0.1) is 0 Å². The predicted molar refractivity (Wildman–Crippen MR) is 85.8 cm³/mol. The molecule has 0 spiro atoms. The summed E-state index contributed by atoms with van der Waals surface area (Å²) in [5.74, 6) is -10.8. The third-order valence-electron chi connectivity index (χ3n) is 4.00. The normalized spacial score (nSPS) is 14.3. The molecule has 10 heteroatoms. The predicted octanol–water partition coefficient (Wildman–Crippen LogP) is 2.79. The molecule has 1 N–H and O–H groups in total. The summed E-state index contributed by atoms with van der Waals surface area (Å²) in [5.41, 5.74) is -0.970. The van der Waals surface area contributed by atoms with Crippen LogP contribution in [0.4, 0.5) is 33.5 Å². The van der Waals surface area contributed by atoms with Crippen LogP contribution >= 0.6 is 0 Å². The van der Waals surface area contributed by atoms with Gasteiger partial charge >= 0.3 is 0 Å². The van der Waals surface area contributed by atoms with Crippen molar-refractivity contribution < 1.29 is 31.5 Å². The molecule has 3 rings (SSSR count). The van der Waals surface area contributed by atoms with E-state index in [1.807, 2.05) is 4.90 Å². The van der Waals surface area contributed by atoms with E-state index in [-0.39, 0.29) is 5.69 Å². The Kier molecular flexibility index (Phi) is 5.54. The lowest BCUT2D eigenvalue weighted by Crippen LogP contribution is -2.36. The monoisotopic (exact) mass is 387 g/mol. The zero-order chi connectivity index (χ0) is 19.6. The van der Waals surface area contributed by atoms with Gasteiger partial charge in [-0.25, -0.2) is 26.9 Å². The summed E-state index contributed by atoms with van der Waals surface area (Å²) >= 11 is 0. The van der Waals surface area contributed by atoms with E-state index in [4.69, 9.17) is 4.74 Å². The summed E-state index contributed by atoms with van der Waals surface area (Å²) < 4.78 is 71.9. The molecule has 2 heterocycles. The molecule has 1 aliphatic heterocycles. The second-order valence-electron chi connectivity index (χ2n) is 5.78. The number of halogens is 5. The lowest BCUT2D eigenvalue weighted by atomic mass is 10.1. The van der Waals surface area contributed by atoms with Crippen LogP contribution in [-0.2, 0) is 16.0 Å². The molecule has 0 bridgehead atoms. The molecular formula is C17H14F5N3O2. The fourth-order valence-corrected chi connectivity index (χ4v) is 2.61. The Hall–Kier alpha value is -2.75. The number of hydrogen-bond acceptors (Lipinski definition) is 4. The van der Waals surface area contributed by atoms with Crippen molar-refractivity contribution in [3.8, 4) is 0 Å². The number of anilines is 2. The van der Waals surface area contributed by atoms with Crippen LogP contribution in [0.3, 0.4) is 0 Å². The molecule has 1 aromatic carbocycles. The number of pyridine rings is 1. The van der Waals surface area contributed by atoms with Crippen molar-refractivity contribution in [2.45, 2.75) is 6.42 Å². The Morgan fingerprint density at radius 1 is 1.00 bits per heavy atom. The summed E-state index contributed by atoms with van der Waals surface area (Å²) in [7, 11) is 0. The topological polar surface area (TPSA) is 54.5 Å². The summed E-state index contributed by atoms with van der Waals surface area (Å²) in [6.45, 7) is 2.47. The summed E-state index contributed by atoms with van der Waals surface area (Å²) in [4.78, 5) is 18.1. The number of benzene rings is 1. The van der Waals surface area contributed by atoms with Crippen LogP contribution in [0, 0.1) is 29.1 Å². The van der Waals surface area contributed by atoms with Crippen LogP contribution in [0.2, 0.25) is 0 Å². The maximum Gasteiger partial charge on any atom is 0.229 e. The van der Waals surface area contributed by atoms with Crippen molar-refractivity contribution in [2.24, 2.45) is 0 Å². The maximum absolute atomic E-state index is 13.6. The van der Waals surface area contributed by atoms with Crippen molar-refractivity contribution in [2.75, 3.05) is 36.5 Å². The van der Waals surface area contributed by atoms with Gasteiger partial charge in [0, 0.05) is 18.7 Å². The molecule has 0 unspecified atom stereocenters. The lowest BCUT2D eigenvalue weighted by Gasteiger charge is -2.27. The maximum atomic E-state index is 13.6. The molecule has 1 amide bonds. The highest BCUT2D eigenvalue weighted by Gasteiger charge is 2.26. The SMILES string of the molecule is O=C(Cc1c(F)c(F)c(F)c(F)c1F)Nc1ccc(N2CCOCC2)nc1. The Morgan fingerprint density at radius 3 is 2.15 bits per heavy atom. The van der Waals surface area contributed by atoms with Gasteiger partial charge in [-0.1, -0.05) is 0 Å². The molecule has 0 radical (unpaired) electrons. The first-order valence-electron chi connectivity index (χ1n) is 7.97. The number of nitrogens with one attached hydrogen (secondary N) is 1. The minimum Gasteiger partial charge on any atom is -0.378 e. The van der Waals surface area contributed by atoms with Crippen molar-refractivity contribution in [1.82, 2.24) is 4.98 Å². The summed E-state index contributed by atoms with van der Waals surface area (Å²) in [6.07, 6.45) is 0.318. The van der Waals surface area contributed by atoms with E-state index in [0.717, 1.165) is 0 Å². The van der Waals surface area contributed by atoms with E-state index >= 15 is 0 Å². The van der Waals surface area contributed by atoms with E-state index in [1.165, 1.54) is 12.3 Å². The zero-order valence-electron chi connectivity index (χ0n) is 13.9.